The molecular formula is C14H15N4. The van der Waals surface area contributed by atoms with E-state index in [1.807, 2.05) is 48.5 Å². The second-order valence-electron chi connectivity index (χ2n) is 3.87. The van der Waals surface area contributed by atoms with Gasteiger partial charge < -0.3 is 16.4 Å². The van der Waals surface area contributed by atoms with Gasteiger partial charge in [-0.15, -0.1) is 0 Å². The fourth-order valence-corrected chi connectivity index (χ4v) is 1.57. The van der Waals surface area contributed by atoms with Crippen molar-refractivity contribution in [1.82, 2.24) is 5.32 Å². The third kappa shape index (κ3) is 3.52. The molecule has 1 radical (unpaired) electrons. The number of hydrogen-bond donors (Lipinski definition) is 4. The molecule has 0 saturated carbocycles. The molecule has 0 heterocycles. The van der Waals surface area contributed by atoms with Crippen LogP contribution in [0.2, 0.25) is 0 Å². The van der Waals surface area contributed by atoms with E-state index in [9.17, 15) is 0 Å². The molecule has 4 nitrogen and oxygen atoms in total. The van der Waals surface area contributed by atoms with E-state index in [0.717, 1.165) is 16.9 Å². The molecule has 0 fully saturated rings. The normalized spacial score (nSPS) is 9.78. The van der Waals surface area contributed by atoms with Gasteiger partial charge in [-0.1, -0.05) is 30.3 Å². The van der Waals surface area contributed by atoms with Crippen molar-refractivity contribution >= 4 is 17.3 Å². The van der Waals surface area contributed by atoms with Gasteiger partial charge in [-0.3, -0.25) is 5.41 Å². The lowest BCUT2D eigenvalue weighted by molar-refractivity contribution is 0.897. The molecule has 0 aliphatic heterocycles. The monoisotopic (exact) mass is 239 g/mol. The maximum atomic E-state index is 7.12. The number of rotatable bonds is 4. The van der Waals surface area contributed by atoms with Gasteiger partial charge in [0.05, 0.1) is 0 Å². The lowest BCUT2D eigenvalue weighted by atomic mass is 10.2. The third-order valence-electron chi connectivity index (χ3n) is 2.40. The van der Waals surface area contributed by atoms with Gasteiger partial charge in [0, 0.05) is 24.0 Å². The van der Waals surface area contributed by atoms with Crippen molar-refractivity contribution in [2.24, 2.45) is 5.73 Å². The average Bonchev–Trinajstić information content (AvgIpc) is 2.38. The largest absolute Gasteiger partial charge is 0.370 e. The van der Waals surface area contributed by atoms with Crippen LogP contribution in [-0.4, -0.2) is 5.96 Å². The summed E-state index contributed by atoms with van der Waals surface area (Å²) in [6.45, 7) is 0.535. The summed E-state index contributed by atoms with van der Waals surface area (Å²) < 4.78 is 0. The summed E-state index contributed by atoms with van der Waals surface area (Å²) in [5.74, 6) is -0.0274. The van der Waals surface area contributed by atoms with Crippen molar-refractivity contribution in [3.8, 4) is 0 Å². The number of hydrogen-bond acceptors (Lipinski definition) is 2. The van der Waals surface area contributed by atoms with E-state index in [-0.39, 0.29) is 5.96 Å². The minimum absolute atomic E-state index is 0.0274. The lowest BCUT2D eigenvalue weighted by Gasteiger charge is -2.08. The predicted octanol–water partition coefficient (Wildman–Crippen LogP) is 2.21. The molecule has 0 saturated heterocycles. The summed E-state index contributed by atoms with van der Waals surface area (Å²) in [5, 5.41) is 13.2. The summed E-state index contributed by atoms with van der Waals surface area (Å²) in [6, 6.07) is 18.8. The zero-order chi connectivity index (χ0) is 12.8. The van der Waals surface area contributed by atoms with Crippen molar-refractivity contribution in [1.29, 1.82) is 5.41 Å². The van der Waals surface area contributed by atoms with E-state index in [1.165, 1.54) is 0 Å². The van der Waals surface area contributed by atoms with Gasteiger partial charge in [0.1, 0.15) is 0 Å². The van der Waals surface area contributed by atoms with Crippen LogP contribution in [0.1, 0.15) is 5.56 Å². The van der Waals surface area contributed by atoms with Gasteiger partial charge in [0.2, 0.25) is 0 Å². The fraction of sp³-hybridized carbons (Fsp3) is 0.0714. The van der Waals surface area contributed by atoms with Crippen molar-refractivity contribution < 1.29 is 0 Å². The second kappa shape index (κ2) is 5.72. The molecule has 18 heavy (non-hydrogen) atoms. The summed E-state index contributed by atoms with van der Waals surface area (Å²) in [6.07, 6.45) is 0. The Labute approximate surface area is 106 Å². The van der Waals surface area contributed by atoms with Crippen LogP contribution in [0.25, 0.3) is 0 Å². The standard InChI is InChI=1S/C14H15N4/c15-14(16)17-10-11-5-4-8-13(9-11)18-12-6-2-1-3-7-12/h1-7,9,18H,10H2,(H4,15,16,17). The molecule has 0 unspecified atom stereocenters. The second-order valence-corrected chi connectivity index (χ2v) is 3.87. The van der Waals surface area contributed by atoms with Gasteiger partial charge in [-0.25, -0.2) is 0 Å². The number of para-hydroxylation sites is 1. The van der Waals surface area contributed by atoms with Crippen molar-refractivity contribution in [2.75, 3.05) is 5.32 Å². The van der Waals surface area contributed by atoms with Crippen LogP contribution >= 0.6 is 0 Å². The van der Waals surface area contributed by atoms with Crippen LogP contribution in [-0.2, 0) is 6.54 Å². The van der Waals surface area contributed by atoms with Crippen LogP contribution in [0.4, 0.5) is 11.4 Å². The van der Waals surface area contributed by atoms with Crippen molar-refractivity contribution in [3.63, 3.8) is 0 Å². The third-order valence-corrected chi connectivity index (χ3v) is 2.40. The minimum atomic E-state index is -0.0274. The summed E-state index contributed by atoms with van der Waals surface area (Å²) in [4.78, 5) is 0. The maximum absolute atomic E-state index is 7.12. The Morgan fingerprint density at radius 1 is 1.22 bits per heavy atom. The maximum Gasteiger partial charge on any atom is 0.185 e. The SMILES string of the molecule is N=C(N)NCc1cc[c]c(Nc2ccccc2)c1. The van der Waals surface area contributed by atoms with E-state index in [0.29, 0.717) is 6.54 Å². The van der Waals surface area contributed by atoms with E-state index in [1.54, 1.807) is 0 Å². The number of anilines is 2. The molecule has 2 aromatic carbocycles. The van der Waals surface area contributed by atoms with Crippen molar-refractivity contribution in [2.45, 2.75) is 6.54 Å². The van der Waals surface area contributed by atoms with Gasteiger partial charge in [-0.2, -0.15) is 0 Å². The first kappa shape index (κ1) is 12.0. The van der Waals surface area contributed by atoms with Gasteiger partial charge in [0.25, 0.3) is 0 Å². The van der Waals surface area contributed by atoms with Crippen molar-refractivity contribution in [3.05, 3.63) is 60.2 Å². The zero-order valence-electron chi connectivity index (χ0n) is 9.90. The average molecular weight is 239 g/mol. The highest BCUT2D eigenvalue weighted by atomic mass is 15.0. The molecule has 0 aromatic heterocycles. The van der Waals surface area contributed by atoms with E-state index >= 15 is 0 Å². The molecule has 4 heteroatoms. The number of guanidine groups is 1. The van der Waals surface area contributed by atoms with E-state index in [2.05, 4.69) is 16.7 Å². The number of nitrogens with two attached hydrogens (primary N) is 1. The Morgan fingerprint density at radius 2 is 2.00 bits per heavy atom. The summed E-state index contributed by atoms with van der Waals surface area (Å²) in [5.41, 5.74) is 8.21. The Balaban J connectivity index is 2.05. The lowest BCUT2D eigenvalue weighted by Crippen LogP contribution is -2.29. The first-order valence-electron chi connectivity index (χ1n) is 5.64. The quantitative estimate of drug-likeness (QED) is 0.488. The molecule has 0 aliphatic rings. The number of nitrogens with one attached hydrogen (secondary N) is 3. The molecule has 5 N–H and O–H groups in total. The predicted molar refractivity (Wildman–Crippen MR) is 73.8 cm³/mol. The van der Waals surface area contributed by atoms with Crippen LogP contribution < -0.4 is 16.4 Å². The van der Waals surface area contributed by atoms with Gasteiger partial charge in [-0.05, 0) is 23.8 Å². The topological polar surface area (TPSA) is 73.9 Å². The molecule has 2 aromatic rings. The Kier molecular flexibility index (Phi) is 3.81. The molecule has 0 amide bonds. The first-order valence-corrected chi connectivity index (χ1v) is 5.64. The summed E-state index contributed by atoms with van der Waals surface area (Å²) >= 11 is 0. The Hall–Kier alpha value is -2.49. The minimum Gasteiger partial charge on any atom is -0.370 e. The highest BCUT2D eigenvalue weighted by Crippen LogP contribution is 2.16. The van der Waals surface area contributed by atoms with Crippen LogP contribution in [0.15, 0.2) is 48.5 Å². The molecule has 2 rings (SSSR count). The molecule has 0 spiro atoms. The van der Waals surface area contributed by atoms with Crippen LogP contribution in [0, 0.1) is 11.5 Å². The van der Waals surface area contributed by atoms with E-state index < -0.39 is 0 Å². The van der Waals surface area contributed by atoms with Gasteiger partial charge >= 0.3 is 0 Å². The van der Waals surface area contributed by atoms with E-state index in [4.69, 9.17) is 11.1 Å². The summed E-state index contributed by atoms with van der Waals surface area (Å²) in [7, 11) is 0. The highest BCUT2D eigenvalue weighted by molar-refractivity contribution is 5.74. The highest BCUT2D eigenvalue weighted by Gasteiger charge is 1.97. The fourth-order valence-electron chi connectivity index (χ4n) is 1.57. The molecule has 91 valence electrons. The Bertz CT molecular complexity index is 522. The Morgan fingerprint density at radius 3 is 2.72 bits per heavy atom. The van der Waals surface area contributed by atoms with Gasteiger partial charge in [0.15, 0.2) is 5.96 Å². The molecular weight excluding hydrogens is 224 g/mol. The first-order chi connectivity index (χ1) is 8.74. The zero-order valence-corrected chi connectivity index (χ0v) is 9.90. The molecule has 0 aliphatic carbocycles. The van der Waals surface area contributed by atoms with Crippen LogP contribution in [0.3, 0.4) is 0 Å². The van der Waals surface area contributed by atoms with Crippen LogP contribution in [0.5, 0.6) is 0 Å². The molecule has 0 atom stereocenters. The number of benzene rings is 2. The molecule has 0 bridgehead atoms. The smallest absolute Gasteiger partial charge is 0.185 e.